The van der Waals surface area contributed by atoms with Gasteiger partial charge in [-0.25, -0.2) is 0 Å². The fraction of sp³-hybridized carbons (Fsp3) is 0.500. The van der Waals surface area contributed by atoms with E-state index in [2.05, 4.69) is 30.4 Å². The molecule has 6 nitrogen and oxygen atoms in total. The first kappa shape index (κ1) is 18.6. The summed E-state index contributed by atoms with van der Waals surface area (Å²) in [5.74, 6) is 1.36. The van der Waals surface area contributed by atoms with Gasteiger partial charge in [0.05, 0.1) is 0 Å². The van der Waals surface area contributed by atoms with Crippen molar-refractivity contribution in [1.29, 1.82) is 0 Å². The van der Waals surface area contributed by atoms with Gasteiger partial charge in [-0.15, -0.1) is 0 Å². The normalized spacial score (nSPS) is 20.3. The van der Waals surface area contributed by atoms with Gasteiger partial charge in [-0.3, -0.25) is 4.79 Å². The summed E-state index contributed by atoms with van der Waals surface area (Å²) in [6.07, 6.45) is 0. The minimum Gasteiger partial charge on any atom is -0.361 e. The molecule has 1 aliphatic rings. The molecule has 0 bridgehead atoms. The van der Waals surface area contributed by atoms with E-state index in [9.17, 15) is 4.79 Å². The Bertz CT molecular complexity index is 733. The van der Waals surface area contributed by atoms with E-state index in [4.69, 9.17) is 4.52 Å². The van der Waals surface area contributed by atoms with Gasteiger partial charge in [-0.05, 0) is 24.5 Å². The molecule has 26 heavy (non-hydrogen) atoms. The van der Waals surface area contributed by atoms with Gasteiger partial charge in [0.2, 0.25) is 0 Å². The second-order valence-electron chi connectivity index (χ2n) is 7.57. The summed E-state index contributed by atoms with van der Waals surface area (Å²) in [5, 5.41) is 7.18. The van der Waals surface area contributed by atoms with Gasteiger partial charge in [0.15, 0.2) is 6.54 Å². The zero-order valence-corrected chi connectivity index (χ0v) is 16.0. The maximum absolute atomic E-state index is 12.5. The topological polar surface area (TPSA) is 64.0 Å². The van der Waals surface area contributed by atoms with Gasteiger partial charge in [0.25, 0.3) is 5.91 Å². The largest absolute Gasteiger partial charge is 0.361 e. The van der Waals surface area contributed by atoms with E-state index < -0.39 is 0 Å². The van der Waals surface area contributed by atoms with Gasteiger partial charge in [-0.2, -0.15) is 0 Å². The van der Waals surface area contributed by atoms with Crippen LogP contribution in [0.4, 0.5) is 5.69 Å². The number of rotatable bonds is 6. The van der Waals surface area contributed by atoms with Crippen LogP contribution in [0.1, 0.15) is 36.8 Å². The van der Waals surface area contributed by atoms with E-state index in [0.717, 1.165) is 49.9 Å². The summed E-state index contributed by atoms with van der Waals surface area (Å²) in [5.41, 5.74) is 3.15. The number of aryl methyl sites for hydroxylation is 1. The van der Waals surface area contributed by atoms with E-state index in [1.807, 2.05) is 31.2 Å². The number of nitrogens with one attached hydrogen (secondary N) is 3. The Labute approximate surface area is 155 Å². The number of nitrogens with zero attached hydrogens (tertiary/aromatic N) is 1. The Morgan fingerprint density at radius 1 is 1.19 bits per heavy atom. The number of amides is 1. The smallest absolute Gasteiger partial charge is 0.279 e. The molecule has 1 aromatic heterocycles. The molecule has 1 fully saturated rings. The predicted molar refractivity (Wildman–Crippen MR) is 100 cm³/mol. The number of para-hydroxylation sites is 1. The molecule has 3 N–H and O–H groups in total. The molecule has 1 saturated heterocycles. The van der Waals surface area contributed by atoms with Crippen LogP contribution in [0, 0.1) is 6.92 Å². The number of hydrogen-bond acceptors (Lipinski definition) is 3. The van der Waals surface area contributed by atoms with Crippen LogP contribution in [0.3, 0.4) is 0 Å². The fourth-order valence-electron chi connectivity index (χ4n) is 3.60. The minimum atomic E-state index is 0.101. The molecule has 3 rings (SSSR count). The Hall–Kier alpha value is -2.18. The molecule has 0 saturated carbocycles. The molecule has 140 valence electrons. The molecule has 1 amide bonds. The fourth-order valence-corrected chi connectivity index (χ4v) is 3.60. The molecule has 1 aliphatic heterocycles. The van der Waals surface area contributed by atoms with Crippen LogP contribution in [0.15, 0.2) is 34.9 Å². The van der Waals surface area contributed by atoms with E-state index in [1.54, 1.807) is 0 Å². The third kappa shape index (κ3) is 4.93. The summed E-state index contributed by atoms with van der Waals surface area (Å²) in [6.45, 7) is 11.8. The summed E-state index contributed by atoms with van der Waals surface area (Å²) >= 11 is 0. The monoisotopic (exact) mass is 358 g/mol. The molecule has 0 spiro atoms. The van der Waals surface area contributed by atoms with E-state index in [-0.39, 0.29) is 5.91 Å². The van der Waals surface area contributed by atoms with Gasteiger partial charge >= 0.3 is 0 Å². The number of piperazine rings is 1. The lowest BCUT2D eigenvalue weighted by molar-refractivity contribution is -1.02. The summed E-state index contributed by atoms with van der Waals surface area (Å²) in [6, 6.07) is 10.1. The van der Waals surface area contributed by atoms with Gasteiger partial charge in [-0.1, -0.05) is 37.2 Å². The number of aromatic nitrogens is 1. The first-order chi connectivity index (χ1) is 12.5. The summed E-state index contributed by atoms with van der Waals surface area (Å²) < 4.78 is 5.14. The molecule has 2 aromatic rings. The van der Waals surface area contributed by atoms with Crippen LogP contribution in [-0.2, 0) is 11.3 Å². The van der Waals surface area contributed by atoms with E-state index >= 15 is 0 Å². The summed E-state index contributed by atoms with van der Waals surface area (Å²) in [4.78, 5) is 15.3. The molecular formula is C20H30N4O2+2. The Kier molecular flexibility index (Phi) is 6.06. The molecular weight excluding hydrogens is 328 g/mol. The third-order valence-corrected chi connectivity index (χ3v) is 5.04. The maximum atomic E-state index is 12.5. The highest BCUT2D eigenvalue weighted by Gasteiger charge is 2.25. The van der Waals surface area contributed by atoms with Crippen LogP contribution in [-0.4, -0.2) is 43.8 Å². The molecule has 0 atom stereocenters. The number of benzene rings is 1. The van der Waals surface area contributed by atoms with Crippen molar-refractivity contribution in [3.63, 3.8) is 0 Å². The zero-order chi connectivity index (χ0) is 18.5. The molecule has 0 radical (unpaired) electrons. The van der Waals surface area contributed by atoms with Crippen molar-refractivity contribution in [3.8, 4) is 0 Å². The molecule has 6 heteroatoms. The highest BCUT2D eigenvalue weighted by Crippen LogP contribution is 2.23. The van der Waals surface area contributed by atoms with Crippen molar-refractivity contribution < 1.29 is 19.1 Å². The predicted octanol–water partition coefficient (Wildman–Crippen LogP) is 0.0285. The maximum Gasteiger partial charge on any atom is 0.279 e. The van der Waals surface area contributed by atoms with Crippen molar-refractivity contribution in [2.24, 2.45) is 0 Å². The Balaban J connectivity index is 1.46. The average Bonchev–Trinajstić information content (AvgIpc) is 3.02. The van der Waals surface area contributed by atoms with Crippen molar-refractivity contribution in [1.82, 2.24) is 5.16 Å². The zero-order valence-electron chi connectivity index (χ0n) is 16.0. The van der Waals surface area contributed by atoms with Crippen molar-refractivity contribution in [3.05, 3.63) is 47.3 Å². The lowest BCUT2D eigenvalue weighted by atomic mass is 10.0. The van der Waals surface area contributed by atoms with Gasteiger partial charge in [0, 0.05) is 11.8 Å². The van der Waals surface area contributed by atoms with Crippen molar-refractivity contribution in [2.75, 3.05) is 38.0 Å². The van der Waals surface area contributed by atoms with Crippen LogP contribution < -0.4 is 15.1 Å². The molecule has 2 heterocycles. The molecule has 1 aromatic carbocycles. The average molecular weight is 358 g/mol. The lowest BCUT2D eigenvalue weighted by Crippen LogP contribution is -3.28. The van der Waals surface area contributed by atoms with Crippen molar-refractivity contribution >= 4 is 11.6 Å². The number of quaternary nitrogens is 2. The third-order valence-electron chi connectivity index (χ3n) is 5.04. The molecule has 0 unspecified atom stereocenters. The Morgan fingerprint density at radius 2 is 1.88 bits per heavy atom. The van der Waals surface area contributed by atoms with Gasteiger partial charge in [0.1, 0.15) is 44.2 Å². The molecule has 0 aliphatic carbocycles. The van der Waals surface area contributed by atoms with E-state index in [1.165, 1.54) is 15.4 Å². The number of carbonyl (C=O) groups is 1. The highest BCUT2D eigenvalue weighted by atomic mass is 16.5. The minimum absolute atomic E-state index is 0.101. The number of anilines is 1. The summed E-state index contributed by atoms with van der Waals surface area (Å²) in [7, 11) is 0. The van der Waals surface area contributed by atoms with Crippen LogP contribution in [0.25, 0.3) is 0 Å². The van der Waals surface area contributed by atoms with Crippen LogP contribution in [0.2, 0.25) is 0 Å². The second kappa shape index (κ2) is 8.47. The van der Waals surface area contributed by atoms with Crippen LogP contribution >= 0.6 is 0 Å². The van der Waals surface area contributed by atoms with Crippen molar-refractivity contribution in [2.45, 2.75) is 33.2 Å². The standard InChI is InChI=1S/C20H28N4O2/c1-15(2)18-6-4-5-7-19(18)21-20(25)14-24-10-8-23(9-11-24)13-17-12-16(3)26-22-17/h4-7,12,15H,8-11,13-14H2,1-3H3,(H,21,25)/p+2. The first-order valence-electron chi connectivity index (χ1n) is 9.49. The first-order valence-corrected chi connectivity index (χ1v) is 9.49. The van der Waals surface area contributed by atoms with Gasteiger partial charge < -0.3 is 19.6 Å². The number of hydrogen-bond donors (Lipinski definition) is 3. The second-order valence-corrected chi connectivity index (χ2v) is 7.57. The quantitative estimate of drug-likeness (QED) is 0.683. The lowest BCUT2D eigenvalue weighted by Gasteiger charge is -2.28. The number of carbonyl (C=O) groups excluding carboxylic acids is 1. The van der Waals surface area contributed by atoms with Crippen LogP contribution in [0.5, 0.6) is 0 Å². The highest BCUT2D eigenvalue weighted by molar-refractivity contribution is 5.92. The SMILES string of the molecule is Cc1cc(C[NH+]2CC[NH+](CC(=O)Nc3ccccc3C(C)C)CC2)no1. The Morgan fingerprint density at radius 3 is 2.54 bits per heavy atom. The van der Waals surface area contributed by atoms with E-state index in [0.29, 0.717) is 12.5 Å².